The Morgan fingerprint density at radius 2 is 1.83 bits per heavy atom. The van der Waals surface area contributed by atoms with Crippen molar-refractivity contribution >= 4 is 38.5 Å². The lowest BCUT2D eigenvalue weighted by Gasteiger charge is -2.61. The molecule has 3 aliphatic carbocycles. The lowest BCUT2D eigenvalue weighted by atomic mass is 9.45. The fourth-order valence-electron chi connectivity index (χ4n) is 7.86. The molecule has 42 heavy (non-hydrogen) atoms. The van der Waals surface area contributed by atoms with Gasteiger partial charge in [0.2, 0.25) is 0 Å². The number of hydrogen-bond acceptors (Lipinski definition) is 4. The molecule has 1 saturated heterocycles. The number of fused-ring (bicyclic) bond motifs is 3. The first-order chi connectivity index (χ1) is 20.0. The number of aliphatic imine (C=N–C) groups is 1. The standard InChI is InChI=1S/C34H45BrN6O/c1-20-17-40(18-21(2)37-20)33(39-30-15-25-14-29(23(30)4)34(25,5)6)38-27-11-12-28-31(16-27)36-19-41(32(28)42)22(3)13-24-7-9-26(35)10-8-24/h7-12,16,19-23,25,29-30,37H,13-15,17-18H2,1-6H3,(H,38,39)/t20-,21+,22-,23+,25+,29-,30+/m1/s1. The Hall–Kier alpha value is -2.71. The topological polar surface area (TPSA) is 74.5 Å². The maximum atomic E-state index is 13.5. The maximum absolute atomic E-state index is 13.5. The molecular weight excluding hydrogens is 588 g/mol. The zero-order chi connectivity index (χ0) is 29.8. The van der Waals surface area contributed by atoms with Crippen LogP contribution in [0.5, 0.6) is 0 Å². The van der Waals surface area contributed by atoms with Gasteiger partial charge in [0.05, 0.1) is 23.3 Å². The Kier molecular flexibility index (Phi) is 7.98. The summed E-state index contributed by atoms with van der Waals surface area (Å²) in [6.45, 7) is 15.7. The minimum absolute atomic E-state index is 0.00234. The molecule has 2 aromatic carbocycles. The summed E-state index contributed by atoms with van der Waals surface area (Å²) in [5.74, 6) is 3.01. The molecule has 0 amide bonds. The Labute approximate surface area is 258 Å². The SMILES string of the molecule is C[C@@H]1[C@@H](N=C(Nc2ccc3c(=O)n([C@H](C)Cc4ccc(Br)cc4)cnc3c2)N2C[C@@H](C)N[C@@H](C)C2)C[C@@H]2C[C@H]1C2(C)C. The summed E-state index contributed by atoms with van der Waals surface area (Å²) in [6.07, 6.45) is 4.97. The van der Waals surface area contributed by atoms with Gasteiger partial charge in [-0.3, -0.25) is 9.36 Å². The van der Waals surface area contributed by atoms with E-state index in [1.807, 2.05) is 30.3 Å². The molecule has 7 rings (SSSR count). The Bertz CT molecular complexity index is 1520. The number of aromatic nitrogens is 2. The Morgan fingerprint density at radius 3 is 2.50 bits per heavy atom. The van der Waals surface area contributed by atoms with Gasteiger partial charge in [-0.25, -0.2) is 9.98 Å². The predicted molar refractivity (Wildman–Crippen MR) is 176 cm³/mol. The zero-order valence-electron chi connectivity index (χ0n) is 25.8. The largest absolute Gasteiger partial charge is 0.340 e. The van der Waals surface area contributed by atoms with Crippen molar-refractivity contribution < 1.29 is 0 Å². The third kappa shape index (κ3) is 5.64. The van der Waals surface area contributed by atoms with Crippen LogP contribution in [0.15, 0.2) is 63.1 Å². The summed E-state index contributed by atoms with van der Waals surface area (Å²) in [6, 6.07) is 15.3. The van der Waals surface area contributed by atoms with Crippen LogP contribution in [0.4, 0.5) is 5.69 Å². The van der Waals surface area contributed by atoms with Crippen LogP contribution < -0.4 is 16.2 Å². The monoisotopic (exact) mass is 632 g/mol. The van der Waals surface area contributed by atoms with Crippen molar-refractivity contribution in [1.29, 1.82) is 0 Å². The number of benzene rings is 2. The van der Waals surface area contributed by atoms with E-state index in [0.717, 1.165) is 53.9 Å². The number of halogens is 1. The highest BCUT2D eigenvalue weighted by molar-refractivity contribution is 9.10. The molecule has 1 aliphatic heterocycles. The molecule has 0 spiro atoms. The van der Waals surface area contributed by atoms with Crippen molar-refractivity contribution in [2.24, 2.45) is 28.2 Å². The van der Waals surface area contributed by atoms with Crippen LogP contribution in [0.2, 0.25) is 0 Å². The van der Waals surface area contributed by atoms with E-state index in [9.17, 15) is 4.79 Å². The summed E-state index contributed by atoms with van der Waals surface area (Å²) in [4.78, 5) is 26.1. The van der Waals surface area contributed by atoms with Crippen molar-refractivity contribution in [3.63, 3.8) is 0 Å². The highest BCUT2D eigenvalue weighted by Gasteiger charge is 2.56. The first-order valence-corrected chi connectivity index (χ1v) is 16.4. The van der Waals surface area contributed by atoms with Crippen LogP contribution >= 0.6 is 15.9 Å². The second kappa shape index (κ2) is 11.4. The average molecular weight is 634 g/mol. The van der Waals surface area contributed by atoms with Crippen LogP contribution in [-0.4, -0.2) is 51.6 Å². The molecule has 224 valence electrons. The lowest BCUT2D eigenvalue weighted by molar-refractivity contribution is -0.108. The third-order valence-corrected chi connectivity index (χ3v) is 10.9. The van der Waals surface area contributed by atoms with E-state index in [0.29, 0.717) is 40.4 Å². The van der Waals surface area contributed by atoms with E-state index >= 15 is 0 Å². The van der Waals surface area contributed by atoms with Crippen molar-refractivity contribution in [3.8, 4) is 0 Å². The fourth-order valence-corrected chi connectivity index (χ4v) is 8.12. The number of guanidine groups is 1. The summed E-state index contributed by atoms with van der Waals surface area (Å²) in [5.41, 5.74) is 3.24. The number of hydrogen-bond donors (Lipinski definition) is 2. The predicted octanol–water partition coefficient (Wildman–Crippen LogP) is 6.48. The highest BCUT2D eigenvalue weighted by Crippen LogP contribution is 2.61. The number of piperazine rings is 1. The number of anilines is 1. The zero-order valence-corrected chi connectivity index (χ0v) is 27.4. The number of nitrogens with one attached hydrogen (secondary N) is 2. The molecule has 3 saturated carbocycles. The van der Waals surface area contributed by atoms with Gasteiger partial charge in [0.15, 0.2) is 5.96 Å². The van der Waals surface area contributed by atoms with Gasteiger partial charge in [-0.05, 0) is 99.1 Å². The second-order valence-electron chi connectivity index (χ2n) is 13.8. The first-order valence-electron chi connectivity index (χ1n) is 15.6. The van der Waals surface area contributed by atoms with Crippen molar-refractivity contribution in [2.45, 2.75) is 85.0 Å². The van der Waals surface area contributed by atoms with Crippen LogP contribution in [-0.2, 0) is 6.42 Å². The van der Waals surface area contributed by atoms with Gasteiger partial charge in [0.1, 0.15) is 0 Å². The van der Waals surface area contributed by atoms with E-state index < -0.39 is 0 Å². The number of nitrogens with zero attached hydrogens (tertiary/aromatic N) is 4. The quantitative estimate of drug-likeness (QED) is 0.249. The van der Waals surface area contributed by atoms with Gasteiger partial charge in [-0.1, -0.05) is 48.8 Å². The van der Waals surface area contributed by atoms with Gasteiger partial charge in [0.25, 0.3) is 5.56 Å². The van der Waals surface area contributed by atoms with Crippen molar-refractivity contribution in [3.05, 3.63) is 69.2 Å². The molecule has 3 aromatic rings. The smallest absolute Gasteiger partial charge is 0.261 e. The number of rotatable bonds is 5. The molecule has 8 heteroatoms. The molecule has 1 aromatic heterocycles. The Balaban J connectivity index is 1.26. The molecule has 0 radical (unpaired) electrons. The van der Waals surface area contributed by atoms with Gasteiger partial charge in [-0.15, -0.1) is 0 Å². The maximum Gasteiger partial charge on any atom is 0.261 e. The van der Waals surface area contributed by atoms with E-state index in [2.05, 4.69) is 85.1 Å². The van der Waals surface area contributed by atoms with Gasteiger partial charge in [0, 0.05) is 41.4 Å². The van der Waals surface area contributed by atoms with E-state index in [4.69, 9.17) is 9.98 Å². The summed E-state index contributed by atoms with van der Waals surface area (Å²) in [7, 11) is 0. The molecule has 0 unspecified atom stereocenters. The third-order valence-electron chi connectivity index (χ3n) is 10.4. The van der Waals surface area contributed by atoms with Crippen LogP contribution in [0, 0.1) is 23.2 Å². The normalized spacial score (nSPS) is 29.7. The van der Waals surface area contributed by atoms with Gasteiger partial charge in [-0.2, -0.15) is 0 Å². The summed E-state index contributed by atoms with van der Waals surface area (Å²) < 4.78 is 2.81. The Morgan fingerprint density at radius 1 is 1.12 bits per heavy atom. The fraction of sp³-hybridized carbons (Fsp3) is 0.559. The molecule has 4 aliphatic rings. The molecular formula is C34H45BrN6O. The minimum Gasteiger partial charge on any atom is -0.340 e. The van der Waals surface area contributed by atoms with Crippen molar-refractivity contribution in [1.82, 2.24) is 19.8 Å². The lowest BCUT2D eigenvalue weighted by Crippen LogP contribution is -2.59. The van der Waals surface area contributed by atoms with E-state index in [1.54, 1.807) is 10.9 Å². The van der Waals surface area contributed by atoms with E-state index in [1.165, 1.54) is 12.0 Å². The summed E-state index contributed by atoms with van der Waals surface area (Å²) >= 11 is 3.50. The highest BCUT2D eigenvalue weighted by atomic mass is 79.9. The second-order valence-corrected chi connectivity index (χ2v) is 14.8. The van der Waals surface area contributed by atoms with Gasteiger partial charge < -0.3 is 15.5 Å². The molecule has 2 N–H and O–H groups in total. The summed E-state index contributed by atoms with van der Waals surface area (Å²) in [5, 5.41) is 7.98. The van der Waals surface area contributed by atoms with Crippen LogP contribution in [0.3, 0.4) is 0 Å². The molecule has 7 nitrogen and oxygen atoms in total. The van der Waals surface area contributed by atoms with Gasteiger partial charge >= 0.3 is 0 Å². The van der Waals surface area contributed by atoms with Crippen LogP contribution in [0.25, 0.3) is 10.9 Å². The van der Waals surface area contributed by atoms with E-state index in [-0.39, 0.29) is 11.6 Å². The molecule has 2 bridgehead atoms. The first kappa shape index (κ1) is 29.4. The van der Waals surface area contributed by atoms with Crippen LogP contribution in [0.1, 0.15) is 66.0 Å². The minimum atomic E-state index is -0.00678. The average Bonchev–Trinajstić information content (AvgIpc) is 2.94. The molecule has 4 fully saturated rings. The molecule has 7 atom stereocenters. The molecule has 2 heterocycles. The van der Waals surface area contributed by atoms with Crippen molar-refractivity contribution in [2.75, 3.05) is 18.4 Å².